The van der Waals surface area contributed by atoms with Gasteiger partial charge < -0.3 is 4.74 Å². The van der Waals surface area contributed by atoms with Crippen molar-refractivity contribution < 1.29 is 19.1 Å². The first-order chi connectivity index (χ1) is 8.20. The lowest BCUT2D eigenvalue weighted by Crippen LogP contribution is -2.25. The molecule has 0 saturated heterocycles. The molecule has 0 aromatic carbocycles. The van der Waals surface area contributed by atoms with Crippen LogP contribution in [0.15, 0.2) is 12.2 Å². The molecule has 0 saturated carbocycles. The number of Topliss-reactive ketones (excluding diaryl/α,β-unsaturated/α-hetero) is 2. The molecule has 0 amide bonds. The number of hydrogen-bond donors (Lipinski definition) is 0. The molecule has 0 atom stereocenters. The Morgan fingerprint density at radius 1 is 1.11 bits per heavy atom. The van der Waals surface area contributed by atoms with Gasteiger partial charge in [-0.1, -0.05) is 20.4 Å². The lowest BCUT2D eigenvalue weighted by molar-refractivity contribution is -0.142. The monoisotopic (exact) mass is 254 g/mol. The first-order valence-corrected chi connectivity index (χ1v) is 5.99. The van der Waals surface area contributed by atoms with Crippen molar-refractivity contribution in [2.45, 2.75) is 46.5 Å². The third kappa shape index (κ3) is 5.75. The van der Waals surface area contributed by atoms with Gasteiger partial charge >= 0.3 is 5.97 Å². The van der Waals surface area contributed by atoms with E-state index in [2.05, 4.69) is 11.3 Å². The van der Waals surface area contributed by atoms with Gasteiger partial charge in [-0.2, -0.15) is 0 Å². The summed E-state index contributed by atoms with van der Waals surface area (Å²) >= 11 is 0. The molecule has 0 heterocycles. The van der Waals surface area contributed by atoms with Crippen molar-refractivity contribution in [3.05, 3.63) is 12.2 Å². The number of allylic oxidation sites excluding steroid dienone is 1. The third-order valence-electron chi connectivity index (χ3n) is 3.09. The summed E-state index contributed by atoms with van der Waals surface area (Å²) in [6, 6.07) is 0. The van der Waals surface area contributed by atoms with E-state index in [9.17, 15) is 14.4 Å². The van der Waals surface area contributed by atoms with Gasteiger partial charge in [0.2, 0.25) is 0 Å². The van der Waals surface area contributed by atoms with Crippen LogP contribution in [0.2, 0.25) is 0 Å². The van der Waals surface area contributed by atoms with Gasteiger partial charge in [0.05, 0.1) is 13.5 Å². The Morgan fingerprint density at radius 3 is 2.11 bits per heavy atom. The van der Waals surface area contributed by atoms with Crippen LogP contribution in [0.5, 0.6) is 0 Å². The van der Waals surface area contributed by atoms with E-state index < -0.39 is 5.41 Å². The van der Waals surface area contributed by atoms with E-state index in [1.54, 1.807) is 0 Å². The first-order valence-electron chi connectivity index (χ1n) is 5.99. The normalized spacial score (nSPS) is 10.9. The Hall–Kier alpha value is -1.45. The molecule has 0 rings (SSSR count). The number of carbonyl (C=O) groups is 3. The van der Waals surface area contributed by atoms with E-state index in [-0.39, 0.29) is 30.4 Å². The molecule has 4 heteroatoms. The van der Waals surface area contributed by atoms with Crippen molar-refractivity contribution in [3.63, 3.8) is 0 Å². The fourth-order valence-electron chi connectivity index (χ4n) is 1.43. The maximum absolute atomic E-state index is 11.9. The second kappa shape index (κ2) is 7.09. The van der Waals surface area contributed by atoms with E-state index in [1.807, 2.05) is 13.8 Å². The van der Waals surface area contributed by atoms with Gasteiger partial charge in [-0.3, -0.25) is 14.4 Å². The predicted molar refractivity (Wildman–Crippen MR) is 69.1 cm³/mol. The Kier molecular flexibility index (Phi) is 6.52. The average Bonchev–Trinajstić information content (AvgIpc) is 2.32. The molecule has 0 N–H and O–H groups in total. The summed E-state index contributed by atoms with van der Waals surface area (Å²) in [7, 11) is 1.30. The highest BCUT2D eigenvalue weighted by Gasteiger charge is 2.27. The minimum atomic E-state index is -0.549. The summed E-state index contributed by atoms with van der Waals surface area (Å²) < 4.78 is 4.49. The van der Waals surface area contributed by atoms with Gasteiger partial charge in [-0.25, -0.2) is 0 Å². The molecule has 4 nitrogen and oxygen atoms in total. The van der Waals surface area contributed by atoms with Crippen molar-refractivity contribution >= 4 is 17.5 Å². The molecule has 0 aliphatic carbocycles. The molecular weight excluding hydrogens is 232 g/mol. The topological polar surface area (TPSA) is 60.4 Å². The molecule has 0 bridgehead atoms. The fraction of sp³-hybridized carbons (Fsp3) is 0.643. The molecule has 0 aliphatic heterocycles. The van der Waals surface area contributed by atoms with Crippen LogP contribution in [0.25, 0.3) is 0 Å². The third-order valence-corrected chi connectivity index (χ3v) is 3.09. The average molecular weight is 254 g/mol. The first kappa shape index (κ1) is 16.6. The summed E-state index contributed by atoms with van der Waals surface area (Å²) in [5.41, 5.74) is -0.0179. The highest BCUT2D eigenvalue weighted by Crippen LogP contribution is 2.27. The minimum Gasteiger partial charge on any atom is -0.469 e. The molecule has 0 aliphatic rings. The Labute approximate surface area is 108 Å². The summed E-state index contributed by atoms with van der Waals surface area (Å²) in [6.45, 7) is 8.77. The van der Waals surface area contributed by atoms with Crippen LogP contribution in [-0.2, 0) is 19.1 Å². The van der Waals surface area contributed by atoms with Crippen LogP contribution < -0.4 is 0 Å². The zero-order chi connectivity index (χ0) is 14.3. The molecule has 0 aromatic heterocycles. The molecule has 102 valence electrons. The van der Waals surface area contributed by atoms with Crippen LogP contribution in [0, 0.1) is 5.41 Å². The van der Waals surface area contributed by atoms with Crippen LogP contribution in [0.4, 0.5) is 0 Å². The second-order valence-corrected chi connectivity index (χ2v) is 5.04. The number of esters is 1. The fourth-order valence-corrected chi connectivity index (χ4v) is 1.43. The minimum absolute atomic E-state index is 0.00394. The van der Waals surface area contributed by atoms with Gasteiger partial charge in [0, 0.05) is 11.8 Å². The van der Waals surface area contributed by atoms with Gasteiger partial charge in [-0.15, -0.1) is 0 Å². The highest BCUT2D eigenvalue weighted by atomic mass is 16.5. The molecule has 18 heavy (non-hydrogen) atoms. The maximum atomic E-state index is 11.9. The zero-order valence-electron chi connectivity index (χ0n) is 11.7. The number of rotatable bonds is 8. The molecule has 0 aromatic rings. The molecule has 0 radical (unpaired) electrons. The Balaban J connectivity index is 4.27. The zero-order valence-corrected chi connectivity index (χ0v) is 11.7. The lowest BCUT2D eigenvalue weighted by Gasteiger charge is -2.23. The SMILES string of the molecule is C=C(CCC(C)(C)C(=O)CCC(=O)OC)C(C)=O. The summed E-state index contributed by atoms with van der Waals surface area (Å²) in [5, 5.41) is 0. The number of methoxy groups -OCH3 is 1. The van der Waals surface area contributed by atoms with Crippen molar-refractivity contribution in [1.82, 2.24) is 0 Å². The summed E-state index contributed by atoms with van der Waals surface area (Å²) in [6.07, 6.45) is 1.34. The number of ether oxygens (including phenoxy) is 1. The van der Waals surface area contributed by atoms with E-state index in [0.29, 0.717) is 18.4 Å². The Morgan fingerprint density at radius 2 is 1.67 bits per heavy atom. The van der Waals surface area contributed by atoms with Gasteiger partial charge in [0.15, 0.2) is 5.78 Å². The van der Waals surface area contributed by atoms with Crippen LogP contribution in [0.3, 0.4) is 0 Å². The number of hydrogen-bond acceptors (Lipinski definition) is 4. The number of carbonyl (C=O) groups excluding carboxylic acids is 3. The molecule has 0 spiro atoms. The standard InChI is InChI=1S/C14H22O4/c1-10(11(2)15)8-9-14(3,4)12(16)6-7-13(17)18-5/h1,6-9H2,2-5H3. The molecule has 0 fully saturated rings. The van der Waals surface area contributed by atoms with Crippen LogP contribution in [0.1, 0.15) is 46.5 Å². The van der Waals surface area contributed by atoms with Crippen molar-refractivity contribution in [2.24, 2.45) is 5.41 Å². The molecule has 0 unspecified atom stereocenters. The highest BCUT2D eigenvalue weighted by molar-refractivity contribution is 5.92. The van der Waals surface area contributed by atoms with Crippen LogP contribution in [-0.4, -0.2) is 24.6 Å². The van der Waals surface area contributed by atoms with Crippen molar-refractivity contribution in [2.75, 3.05) is 7.11 Å². The van der Waals surface area contributed by atoms with Gasteiger partial charge in [0.25, 0.3) is 0 Å². The summed E-state index contributed by atoms with van der Waals surface area (Å²) in [5.74, 6) is -0.427. The van der Waals surface area contributed by atoms with Crippen molar-refractivity contribution in [3.8, 4) is 0 Å². The quantitative estimate of drug-likeness (QED) is 0.493. The maximum Gasteiger partial charge on any atom is 0.305 e. The van der Waals surface area contributed by atoms with E-state index in [0.717, 1.165) is 0 Å². The van der Waals surface area contributed by atoms with Gasteiger partial charge in [0.1, 0.15) is 5.78 Å². The Bertz CT molecular complexity index is 353. The number of ketones is 2. The lowest BCUT2D eigenvalue weighted by atomic mass is 9.80. The van der Waals surface area contributed by atoms with E-state index in [4.69, 9.17) is 0 Å². The largest absolute Gasteiger partial charge is 0.469 e. The molecular formula is C14H22O4. The van der Waals surface area contributed by atoms with E-state index >= 15 is 0 Å². The summed E-state index contributed by atoms with van der Waals surface area (Å²) in [4.78, 5) is 33.9. The van der Waals surface area contributed by atoms with Gasteiger partial charge in [-0.05, 0) is 25.3 Å². The second-order valence-electron chi connectivity index (χ2n) is 5.04. The predicted octanol–water partition coefficient (Wildman–Crippen LogP) is 2.46. The smallest absolute Gasteiger partial charge is 0.305 e. The van der Waals surface area contributed by atoms with Crippen molar-refractivity contribution in [1.29, 1.82) is 0 Å². The van der Waals surface area contributed by atoms with E-state index in [1.165, 1.54) is 14.0 Å². The van der Waals surface area contributed by atoms with Crippen LogP contribution >= 0.6 is 0 Å².